The maximum atomic E-state index is 12.3. The van der Waals surface area contributed by atoms with E-state index in [9.17, 15) is 14.7 Å². The van der Waals surface area contributed by atoms with Gasteiger partial charge in [-0.05, 0) is 25.0 Å². The molecule has 0 aliphatic carbocycles. The number of aryl methyl sites for hydroxylation is 1. The Balaban J connectivity index is 1.80. The fourth-order valence-electron chi connectivity index (χ4n) is 2.75. The van der Waals surface area contributed by atoms with E-state index in [2.05, 4.69) is 0 Å². The summed E-state index contributed by atoms with van der Waals surface area (Å²) in [5.41, 5.74) is 1.05. The van der Waals surface area contributed by atoms with Gasteiger partial charge in [0, 0.05) is 26.5 Å². The Morgan fingerprint density at radius 2 is 2.09 bits per heavy atom. The molecule has 2 rings (SSSR count). The molecular weight excluding hydrogens is 298 g/mol. The lowest BCUT2D eigenvalue weighted by Gasteiger charge is -2.21. The Labute approximate surface area is 136 Å². The summed E-state index contributed by atoms with van der Waals surface area (Å²) < 4.78 is 10.8. The van der Waals surface area contributed by atoms with Crippen molar-refractivity contribution in [2.24, 2.45) is 0 Å². The smallest absolute Gasteiger partial charge is 0.326 e. The minimum atomic E-state index is -0.978. The summed E-state index contributed by atoms with van der Waals surface area (Å²) in [5.74, 6) is -0.330. The van der Waals surface area contributed by atoms with Crippen molar-refractivity contribution in [1.29, 1.82) is 0 Å². The lowest BCUT2D eigenvalue weighted by atomic mass is 10.2. The molecule has 2 atom stereocenters. The van der Waals surface area contributed by atoms with Gasteiger partial charge >= 0.3 is 5.97 Å². The highest BCUT2D eigenvalue weighted by Crippen LogP contribution is 2.22. The van der Waals surface area contributed by atoms with Crippen LogP contribution < -0.4 is 4.74 Å². The number of carboxylic acid groups (broad SMARTS) is 1. The van der Waals surface area contributed by atoms with Gasteiger partial charge in [0.1, 0.15) is 11.8 Å². The van der Waals surface area contributed by atoms with Gasteiger partial charge in [-0.25, -0.2) is 4.79 Å². The van der Waals surface area contributed by atoms with Crippen molar-refractivity contribution in [3.05, 3.63) is 29.8 Å². The van der Waals surface area contributed by atoms with Gasteiger partial charge in [0.25, 0.3) is 0 Å². The highest BCUT2D eigenvalue weighted by atomic mass is 16.5. The number of methoxy groups -OCH3 is 1. The number of likely N-dealkylation sites (tertiary alicyclic amines) is 1. The van der Waals surface area contributed by atoms with Gasteiger partial charge < -0.3 is 19.5 Å². The molecule has 1 aliphatic heterocycles. The van der Waals surface area contributed by atoms with Crippen molar-refractivity contribution in [3.63, 3.8) is 0 Å². The molecular formula is C17H23NO5. The average molecular weight is 321 g/mol. The van der Waals surface area contributed by atoms with Crippen molar-refractivity contribution in [1.82, 2.24) is 4.90 Å². The number of carbonyl (C=O) groups is 2. The van der Waals surface area contributed by atoms with Gasteiger partial charge in [-0.15, -0.1) is 0 Å². The molecule has 1 fully saturated rings. The molecule has 1 heterocycles. The highest BCUT2D eigenvalue weighted by Gasteiger charge is 2.39. The van der Waals surface area contributed by atoms with Crippen LogP contribution in [0.15, 0.2) is 24.3 Å². The van der Waals surface area contributed by atoms with Gasteiger partial charge in [0.05, 0.1) is 12.7 Å². The molecule has 1 saturated heterocycles. The second-order valence-corrected chi connectivity index (χ2v) is 5.71. The van der Waals surface area contributed by atoms with E-state index in [1.54, 1.807) is 0 Å². The van der Waals surface area contributed by atoms with E-state index in [0.717, 1.165) is 11.3 Å². The first-order valence-electron chi connectivity index (χ1n) is 7.76. The molecule has 1 aromatic carbocycles. The molecule has 0 radical (unpaired) electrons. The number of hydrogen-bond acceptors (Lipinski definition) is 4. The summed E-state index contributed by atoms with van der Waals surface area (Å²) in [6.07, 6.45) is 0.958. The van der Waals surface area contributed by atoms with E-state index in [1.807, 2.05) is 31.2 Å². The molecule has 0 bridgehead atoms. The van der Waals surface area contributed by atoms with Crippen molar-refractivity contribution in [3.8, 4) is 5.75 Å². The third-order valence-electron chi connectivity index (χ3n) is 4.09. The first-order chi connectivity index (χ1) is 11.0. The molecule has 126 valence electrons. The molecule has 1 aromatic rings. The maximum Gasteiger partial charge on any atom is 0.326 e. The number of carboxylic acids is 1. The second-order valence-electron chi connectivity index (χ2n) is 5.71. The predicted octanol–water partition coefficient (Wildman–Crippen LogP) is 1.85. The zero-order valence-corrected chi connectivity index (χ0v) is 13.5. The van der Waals surface area contributed by atoms with E-state index in [4.69, 9.17) is 9.47 Å². The fraction of sp³-hybridized carbons (Fsp3) is 0.529. The van der Waals surface area contributed by atoms with Crippen LogP contribution in [0.1, 0.15) is 24.8 Å². The zero-order chi connectivity index (χ0) is 16.8. The topological polar surface area (TPSA) is 76.1 Å². The standard InChI is InChI=1S/C17H23NO5/c1-12-6-3-4-7-15(12)23-9-5-8-16(19)18-11-13(22-2)10-14(18)17(20)21/h3-4,6-7,13-14H,5,8-11H2,1-2H3,(H,20,21). The summed E-state index contributed by atoms with van der Waals surface area (Å²) in [7, 11) is 1.54. The van der Waals surface area contributed by atoms with Gasteiger partial charge in [0.15, 0.2) is 0 Å². The van der Waals surface area contributed by atoms with Gasteiger partial charge in [-0.1, -0.05) is 18.2 Å². The summed E-state index contributed by atoms with van der Waals surface area (Å²) in [5, 5.41) is 9.22. The molecule has 6 nitrogen and oxygen atoms in total. The third-order valence-corrected chi connectivity index (χ3v) is 4.09. The van der Waals surface area contributed by atoms with E-state index in [1.165, 1.54) is 12.0 Å². The van der Waals surface area contributed by atoms with Gasteiger partial charge in [0.2, 0.25) is 5.91 Å². The van der Waals surface area contributed by atoms with E-state index < -0.39 is 12.0 Å². The quantitative estimate of drug-likeness (QED) is 0.776. The minimum Gasteiger partial charge on any atom is -0.493 e. The van der Waals surface area contributed by atoms with Crippen molar-refractivity contribution < 1.29 is 24.2 Å². The normalized spacial score (nSPS) is 20.5. The average Bonchev–Trinajstić information content (AvgIpc) is 2.97. The van der Waals surface area contributed by atoms with Crippen LogP contribution in [-0.4, -0.2) is 54.3 Å². The molecule has 6 heteroatoms. The Morgan fingerprint density at radius 3 is 2.74 bits per heavy atom. The highest BCUT2D eigenvalue weighted by molar-refractivity contribution is 5.84. The Kier molecular flexibility index (Phi) is 5.98. The Hall–Kier alpha value is -2.08. The molecule has 0 spiro atoms. The number of ether oxygens (including phenoxy) is 2. The van der Waals surface area contributed by atoms with Gasteiger partial charge in [-0.2, -0.15) is 0 Å². The molecule has 1 N–H and O–H groups in total. The SMILES string of the molecule is COC1CC(C(=O)O)N(C(=O)CCCOc2ccccc2C)C1. The third kappa shape index (κ3) is 4.45. The molecule has 2 unspecified atom stereocenters. The zero-order valence-electron chi connectivity index (χ0n) is 13.5. The number of carbonyl (C=O) groups excluding carboxylic acids is 1. The second kappa shape index (κ2) is 7.97. The predicted molar refractivity (Wildman–Crippen MR) is 84.5 cm³/mol. The van der Waals surface area contributed by atoms with Crippen LogP contribution >= 0.6 is 0 Å². The maximum absolute atomic E-state index is 12.3. The molecule has 23 heavy (non-hydrogen) atoms. The number of amides is 1. The lowest BCUT2D eigenvalue weighted by Crippen LogP contribution is -2.40. The number of para-hydroxylation sites is 1. The van der Waals surface area contributed by atoms with Crippen LogP contribution in [0.3, 0.4) is 0 Å². The van der Waals surface area contributed by atoms with Gasteiger partial charge in [-0.3, -0.25) is 4.79 Å². The number of aliphatic carboxylic acids is 1. The number of hydrogen-bond donors (Lipinski definition) is 1. The Morgan fingerprint density at radius 1 is 1.35 bits per heavy atom. The summed E-state index contributed by atoms with van der Waals surface area (Å²) in [6.45, 7) is 2.73. The Bertz CT molecular complexity index is 560. The molecule has 1 amide bonds. The largest absolute Gasteiger partial charge is 0.493 e. The fourth-order valence-corrected chi connectivity index (χ4v) is 2.75. The molecule has 0 aromatic heterocycles. The first-order valence-corrected chi connectivity index (χ1v) is 7.76. The monoisotopic (exact) mass is 321 g/mol. The van der Waals surface area contributed by atoms with Crippen LogP contribution in [0.4, 0.5) is 0 Å². The molecule has 1 aliphatic rings. The minimum absolute atomic E-state index is 0.162. The van der Waals surface area contributed by atoms with Crippen molar-refractivity contribution >= 4 is 11.9 Å². The number of benzene rings is 1. The van der Waals surface area contributed by atoms with Crippen LogP contribution in [-0.2, 0) is 14.3 Å². The van der Waals surface area contributed by atoms with E-state index in [-0.39, 0.29) is 18.4 Å². The summed E-state index contributed by atoms with van der Waals surface area (Å²) in [4.78, 5) is 24.9. The van der Waals surface area contributed by atoms with Crippen molar-refractivity contribution in [2.45, 2.75) is 38.3 Å². The molecule has 0 saturated carbocycles. The summed E-state index contributed by atoms with van der Waals surface area (Å²) >= 11 is 0. The lowest BCUT2D eigenvalue weighted by molar-refractivity contribution is -0.148. The first kappa shape index (κ1) is 17.3. The van der Waals surface area contributed by atoms with Crippen LogP contribution in [0, 0.1) is 6.92 Å². The van der Waals surface area contributed by atoms with Crippen LogP contribution in [0.2, 0.25) is 0 Å². The van der Waals surface area contributed by atoms with E-state index >= 15 is 0 Å². The van der Waals surface area contributed by atoms with Crippen LogP contribution in [0.5, 0.6) is 5.75 Å². The number of nitrogens with zero attached hydrogens (tertiary/aromatic N) is 1. The van der Waals surface area contributed by atoms with Crippen molar-refractivity contribution in [2.75, 3.05) is 20.3 Å². The van der Waals surface area contributed by atoms with E-state index in [0.29, 0.717) is 26.0 Å². The summed E-state index contributed by atoms with van der Waals surface area (Å²) in [6, 6.07) is 6.91. The number of rotatable bonds is 7. The van der Waals surface area contributed by atoms with Crippen LogP contribution in [0.25, 0.3) is 0 Å².